The van der Waals surface area contributed by atoms with Crippen molar-refractivity contribution < 1.29 is 33.6 Å². The lowest BCUT2D eigenvalue weighted by atomic mass is 10.1. The first kappa shape index (κ1) is 27.4. The lowest BCUT2D eigenvalue weighted by Gasteiger charge is -2.23. The molecule has 39 heavy (non-hydrogen) atoms. The highest BCUT2D eigenvalue weighted by molar-refractivity contribution is 5.89. The number of methoxy groups -OCH3 is 3. The Hall–Kier alpha value is -4.66. The highest BCUT2D eigenvalue weighted by atomic mass is 16.5. The van der Waals surface area contributed by atoms with Gasteiger partial charge in [-0.15, -0.1) is 0 Å². The summed E-state index contributed by atoms with van der Waals surface area (Å²) in [5.74, 6) is 3.61. The van der Waals surface area contributed by atoms with Crippen molar-refractivity contribution in [1.29, 1.82) is 0 Å². The monoisotopic (exact) mass is 532 g/mol. The van der Waals surface area contributed by atoms with Gasteiger partial charge in [0.25, 0.3) is 0 Å². The molecule has 0 saturated heterocycles. The predicted octanol–water partition coefficient (Wildman–Crippen LogP) is 6.62. The van der Waals surface area contributed by atoms with Crippen molar-refractivity contribution in [3.8, 4) is 34.5 Å². The number of ether oxygens (including phenoxy) is 5. The Labute approximate surface area is 227 Å². The Morgan fingerprint density at radius 1 is 0.821 bits per heavy atom. The molecular formula is C30H32N2O7. The average molecular weight is 533 g/mol. The van der Waals surface area contributed by atoms with E-state index < -0.39 is 6.09 Å². The van der Waals surface area contributed by atoms with Gasteiger partial charge in [0.05, 0.1) is 39.1 Å². The third-order valence-corrected chi connectivity index (χ3v) is 6.29. The molecular weight excluding hydrogens is 500 g/mol. The molecule has 0 fully saturated rings. The van der Waals surface area contributed by atoms with Crippen LogP contribution < -0.4 is 28.6 Å². The molecule has 0 spiro atoms. The van der Waals surface area contributed by atoms with Crippen molar-refractivity contribution in [2.75, 3.05) is 39.4 Å². The van der Waals surface area contributed by atoms with Crippen molar-refractivity contribution in [3.05, 3.63) is 71.9 Å². The molecule has 9 heteroatoms. The zero-order valence-corrected chi connectivity index (χ0v) is 22.7. The largest absolute Gasteiger partial charge is 0.493 e. The average Bonchev–Trinajstić information content (AvgIpc) is 2.94. The van der Waals surface area contributed by atoms with Crippen molar-refractivity contribution in [3.63, 3.8) is 0 Å². The van der Waals surface area contributed by atoms with Gasteiger partial charge in [-0.05, 0) is 67.8 Å². The fourth-order valence-electron chi connectivity index (χ4n) is 4.29. The number of aromatic nitrogens is 1. The van der Waals surface area contributed by atoms with Crippen LogP contribution in [0.3, 0.4) is 0 Å². The smallest absolute Gasteiger partial charge is 0.411 e. The van der Waals surface area contributed by atoms with Crippen LogP contribution in [0.2, 0.25) is 0 Å². The maximum absolute atomic E-state index is 12.2. The molecule has 0 aliphatic carbocycles. The minimum absolute atomic E-state index is 0.265. The van der Waals surface area contributed by atoms with Gasteiger partial charge in [0.15, 0.2) is 23.0 Å². The van der Waals surface area contributed by atoms with Gasteiger partial charge in [-0.2, -0.15) is 0 Å². The van der Waals surface area contributed by atoms with Crippen LogP contribution in [0.25, 0.3) is 10.9 Å². The number of hydrogen-bond donors (Lipinski definition) is 1. The molecule has 0 unspecified atom stereocenters. The van der Waals surface area contributed by atoms with Gasteiger partial charge in [-0.1, -0.05) is 12.1 Å². The Morgan fingerprint density at radius 2 is 1.51 bits per heavy atom. The van der Waals surface area contributed by atoms with Gasteiger partial charge in [0.1, 0.15) is 11.5 Å². The summed E-state index contributed by atoms with van der Waals surface area (Å²) in [6, 6.07) is 16.4. The van der Waals surface area contributed by atoms with Crippen LogP contribution in [-0.2, 0) is 0 Å². The summed E-state index contributed by atoms with van der Waals surface area (Å²) in [7, 11) is 4.73. The summed E-state index contributed by atoms with van der Waals surface area (Å²) in [5.41, 5.74) is 2.85. The third-order valence-electron chi connectivity index (χ3n) is 6.29. The van der Waals surface area contributed by atoms with E-state index in [0.29, 0.717) is 58.7 Å². The fourth-order valence-corrected chi connectivity index (χ4v) is 4.29. The van der Waals surface area contributed by atoms with E-state index in [1.807, 2.05) is 56.3 Å². The van der Waals surface area contributed by atoms with Gasteiger partial charge in [-0.3, -0.25) is 9.88 Å². The van der Waals surface area contributed by atoms with E-state index in [0.717, 1.165) is 16.5 Å². The summed E-state index contributed by atoms with van der Waals surface area (Å²) < 4.78 is 28.3. The molecule has 0 radical (unpaired) electrons. The van der Waals surface area contributed by atoms with Crippen LogP contribution in [0.15, 0.2) is 60.8 Å². The van der Waals surface area contributed by atoms with Gasteiger partial charge in [0, 0.05) is 24.2 Å². The van der Waals surface area contributed by atoms with Gasteiger partial charge in [0.2, 0.25) is 0 Å². The number of carbonyl (C=O) groups is 1. The van der Waals surface area contributed by atoms with Crippen LogP contribution >= 0.6 is 0 Å². The first-order valence-electron chi connectivity index (χ1n) is 12.4. The molecule has 9 nitrogen and oxygen atoms in total. The van der Waals surface area contributed by atoms with E-state index in [4.69, 9.17) is 23.7 Å². The van der Waals surface area contributed by atoms with E-state index in [1.54, 1.807) is 39.7 Å². The molecule has 0 aliphatic rings. The van der Waals surface area contributed by atoms with Crippen molar-refractivity contribution in [2.45, 2.75) is 20.3 Å². The molecule has 1 heterocycles. The van der Waals surface area contributed by atoms with Crippen LogP contribution in [0.5, 0.6) is 34.5 Å². The molecule has 1 N–H and O–H groups in total. The van der Waals surface area contributed by atoms with Crippen LogP contribution in [0.1, 0.15) is 17.5 Å². The van der Waals surface area contributed by atoms with Gasteiger partial charge < -0.3 is 28.8 Å². The standard InChI is InChI=1S/C30H32N2O7/c1-19-16-27(39-24-11-12-31-22-18-29(37-5)28(36-4)17-21(22)24)20(2)15-23(19)32(30(33)34)13-8-14-38-26-10-7-6-9-25(26)35-3/h6-7,9-12,15-18H,8,13-14H2,1-5H3,(H,33,34). The lowest BCUT2D eigenvalue weighted by Crippen LogP contribution is -2.31. The number of benzene rings is 3. The minimum Gasteiger partial charge on any atom is -0.493 e. The van der Waals surface area contributed by atoms with Crippen LogP contribution in [-0.4, -0.2) is 50.7 Å². The Balaban J connectivity index is 1.53. The number of carboxylic acid groups (broad SMARTS) is 1. The first-order valence-corrected chi connectivity index (χ1v) is 12.4. The fraction of sp³-hybridized carbons (Fsp3) is 0.267. The van der Waals surface area contributed by atoms with E-state index in [1.165, 1.54) is 4.90 Å². The zero-order valence-electron chi connectivity index (χ0n) is 22.7. The highest BCUT2D eigenvalue weighted by Crippen LogP contribution is 2.38. The molecule has 4 aromatic rings. The van der Waals surface area contributed by atoms with Crippen molar-refractivity contribution in [1.82, 2.24) is 4.98 Å². The maximum Gasteiger partial charge on any atom is 0.411 e. The number of hydrogen-bond acceptors (Lipinski definition) is 7. The molecule has 3 aromatic carbocycles. The number of pyridine rings is 1. The summed E-state index contributed by atoms with van der Waals surface area (Å²) >= 11 is 0. The van der Waals surface area contributed by atoms with E-state index in [2.05, 4.69) is 4.98 Å². The van der Waals surface area contributed by atoms with E-state index >= 15 is 0 Å². The van der Waals surface area contributed by atoms with E-state index in [-0.39, 0.29) is 6.54 Å². The SMILES string of the molecule is COc1cc2nccc(Oc3cc(C)c(N(CCCOc4ccccc4OC)C(=O)O)cc3C)c2cc1OC. The number of amides is 1. The van der Waals surface area contributed by atoms with Gasteiger partial charge >= 0.3 is 6.09 Å². The topological polar surface area (TPSA) is 99.6 Å². The zero-order chi connectivity index (χ0) is 27.9. The number of rotatable bonds is 11. The molecule has 0 bridgehead atoms. The van der Waals surface area contributed by atoms with Gasteiger partial charge in [-0.25, -0.2) is 4.79 Å². The van der Waals surface area contributed by atoms with Crippen molar-refractivity contribution >= 4 is 22.7 Å². The summed E-state index contributed by atoms with van der Waals surface area (Å²) in [6.45, 7) is 4.35. The Kier molecular flexibility index (Phi) is 8.60. The molecule has 0 aliphatic heterocycles. The number of para-hydroxylation sites is 2. The van der Waals surface area contributed by atoms with Crippen molar-refractivity contribution in [2.24, 2.45) is 0 Å². The lowest BCUT2D eigenvalue weighted by molar-refractivity contribution is 0.200. The Morgan fingerprint density at radius 3 is 2.21 bits per heavy atom. The van der Waals surface area contributed by atoms with Crippen LogP contribution in [0, 0.1) is 13.8 Å². The second kappa shape index (κ2) is 12.3. The van der Waals surface area contributed by atoms with E-state index in [9.17, 15) is 9.90 Å². The summed E-state index contributed by atoms with van der Waals surface area (Å²) in [5, 5.41) is 10.7. The number of fused-ring (bicyclic) bond motifs is 1. The molecule has 1 aromatic heterocycles. The second-order valence-corrected chi connectivity index (χ2v) is 8.83. The highest BCUT2D eigenvalue weighted by Gasteiger charge is 2.19. The number of anilines is 1. The summed E-state index contributed by atoms with van der Waals surface area (Å²) in [4.78, 5) is 17.9. The quantitative estimate of drug-likeness (QED) is 0.215. The molecule has 204 valence electrons. The second-order valence-electron chi connectivity index (χ2n) is 8.83. The molecule has 1 amide bonds. The maximum atomic E-state index is 12.2. The first-order chi connectivity index (χ1) is 18.9. The number of nitrogens with zero attached hydrogens (tertiary/aromatic N) is 2. The predicted molar refractivity (Wildman–Crippen MR) is 149 cm³/mol. The molecule has 0 saturated carbocycles. The minimum atomic E-state index is -1.04. The Bertz CT molecular complexity index is 1470. The molecule has 4 rings (SSSR count). The summed E-state index contributed by atoms with van der Waals surface area (Å²) in [6.07, 6.45) is 1.12. The number of aryl methyl sites for hydroxylation is 2. The molecule has 0 atom stereocenters. The normalized spacial score (nSPS) is 10.7. The third kappa shape index (κ3) is 6.09. The van der Waals surface area contributed by atoms with Crippen LogP contribution in [0.4, 0.5) is 10.5 Å².